The second-order valence-electron chi connectivity index (χ2n) is 8.79. The predicted molar refractivity (Wildman–Crippen MR) is 130 cm³/mol. The van der Waals surface area contributed by atoms with Crippen molar-refractivity contribution in [3.63, 3.8) is 0 Å². The fraction of sp³-hybridized carbons (Fsp3) is 0.200. The van der Waals surface area contributed by atoms with Crippen LogP contribution in [0.1, 0.15) is 23.5 Å². The first-order valence-corrected chi connectivity index (χ1v) is 11.2. The molecule has 0 radical (unpaired) electrons. The molecule has 3 N–H and O–H groups in total. The highest BCUT2D eigenvalue weighted by Gasteiger charge is 2.44. The molecule has 0 saturated heterocycles. The zero-order valence-corrected chi connectivity index (χ0v) is 19.1. The van der Waals surface area contributed by atoms with Gasteiger partial charge < -0.3 is 15.5 Å². The molecule has 10 heteroatoms. The van der Waals surface area contributed by atoms with Crippen LogP contribution in [0.5, 0.6) is 0 Å². The summed E-state index contributed by atoms with van der Waals surface area (Å²) in [6.07, 6.45) is 11.0. The zero-order valence-electron chi connectivity index (χ0n) is 19.1. The van der Waals surface area contributed by atoms with Crippen LogP contribution in [0.4, 0.5) is 11.6 Å². The molecule has 1 fully saturated rings. The van der Waals surface area contributed by atoms with Crippen molar-refractivity contribution >= 4 is 28.3 Å². The fourth-order valence-electron chi connectivity index (χ4n) is 4.38. The van der Waals surface area contributed by atoms with E-state index in [-0.39, 0.29) is 17.7 Å². The average Bonchev–Trinajstić information content (AvgIpc) is 3.22. The Morgan fingerprint density at radius 1 is 1.14 bits per heavy atom. The Labute approximate surface area is 200 Å². The Morgan fingerprint density at radius 3 is 2.77 bits per heavy atom. The lowest BCUT2D eigenvalue weighted by atomic mass is 10.0. The van der Waals surface area contributed by atoms with Gasteiger partial charge in [-0.05, 0) is 54.0 Å². The molecule has 5 aromatic rings. The smallest absolute Gasteiger partial charge is 0.244 e. The van der Waals surface area contributed by atoms with Gasteiger partial charge in [0.15, 0.2) is 0 Å². The summed E-state index contributed by atoms with van der Waals surface area (Å²) in [5, 5.41) is 8.69. The number of carbonyl (C=O) groups excluding carboxylic acids is 1. The van der Waals surface area contributed by atoms with E-state index in [4.69, 9.17) is 10.2 Å². The Kier molecular flexibility index (Phi) is 4.80. The van der Waals surface area contributed by atoms with Gasteiger partial charge in [0.1, 0.15) is 23.6 Å². The van der Waals surface area contributed by atoms with Crippen LogP contribution in [-0.4, -0.2) is 35.6 Å². The summed E-state index contributed by atoms with van der Waals surface area (Å²) in [5.41, 5.74) is 10.5. The van der Waals surface area contributed by atoms with E-state index in [0.29, 0.717) is 34.3 Å². The highest BCUT2D eigenvalue weighted by Crippen LogP contribution is 2.47. The molecule has 5 aromatic heterocycles. The topological polar surface area (TPSA) is 138 Å². The number of pyridine rings is 3. The average molecular weight is 467 g/mol. The summed E-state index contributed by atoms with van der Waals surface area (Å²) in [7, 11) is 1.87. The van der Waals surface area contributed by atoms with Crippen LogP contribution in [0.25, 0.3) is 33.6 Å². The summed E-state index contributed by atoms with van der Waals surface area (Å²) >= 11 is 0. The highest BCUT2D eigenvalue weighted by molar-refractivity contribution is 5.98. The van der Waals surface area contributed by atoms with Gasteiger partial charge in [0.25, 0.3) is 0 Å². The molecule has 1 aliphatic carbocycles. The van der Waals surface area contributed by atoms with E-state index in [0.717, 1.165) is 28.5 Å². The first-order chi connectivity index (χ1) is 17.0. The van der Waals surface area contributed by atoms with E-state index in [1.807, 2.05) is 44.6 Å². The molecular weight excluding hydrogens is 444 g/mol. The van der Waals surface area contributed by atoms with Crippen LogP contribution >= 0.6 is 0 Å². The summed E-state index contributed by atoms with van der Waals surface area (Å²) < 4.78 is 7.09. The van der Waals surface area contributed by atoms with Gasteiger partial charge in [-0.15, -0.1) is 0 Å². The van der Waals surface area contributed by atoms with E-state index >= 15 is 0 Å². The number of amides is 1. The number of carbonyl (C=O) groups is 1. The molecule has 0 spiro atoms. The minimum absolute atomic E-state index is 0.0462. The van der Waals surface area contributed by atoms with Crippen molar-refractivity contribution < 1.29 is 9.21 Å². The van der Waals surface area contributed by atoms with Crippen molar-refractivity contribution in [2.45, 2.75) is 19.3 Å². The molecule has 1 amide bonds. The lowest BCUT2D eigenvalue weighted by Gasteiger charge is -2.11. The van der Waals surface area contributed by atoms with E-state index in [9.17, 15) is 4.79 Å². The third-order valence-electron chi connectivity index (χ3n) is 6.31. The van der Waals surface area contributed by atoms with Crippen LogP contribution in [-0.2, 0) is 11.8 Å². The lowest BCUT2D eigenvalue weighted by molar-refractivity contribution is -0.117. The van der Waals surface area contributed by atoms with Gasteiger partial charge >= 0.3 is 0 Å². The van der Waals surface area contributed by atoms with Crippen LogP contribution in [0.15, 0.2) is 59.9 Å². The molecular formula is C25H22N8O2. The predicted octanol–water partition coefficient (Wildman–Crippen LogP) is 3.71. The number of nitrogens with two attached hydrogens (primary N) is 1. The van der Waals surface area contributed by atoms with Gasteiger partial charge in [-0.1, -0.05) is 0 Å². The maximum Gasteiger partial charge on any atom is 0.244 e. The number of anilines is 2. The molecule has 0 aliphatic heterocycles. The number of hydrogen-bond acceptors (Lipinski definition) is 8. The van der Waals surface area contributed by atoms with Crippen molar-refractivity contribution in [2.75, 3.05) is 11.1 Å². The largest absolute Gasteiger partial charge is 0.443 e. The molecule has 2 atom stereocenters. The number of nitrogen functional groups attached to an aromatic ring is 1. The number of oxazole rings is 1. The highest BCUT2D eigenvalue weighted by atomic mass is 16.3. The summed E-state index contributed by atoms with van der Waals surface area (Å²) in [5.74, 6) is 1.37. The molecule has 10 nitrogen and oxygen atoms in total. The molecule has 35 heavy (non-hydrogen) atoms. The first-order valence-electron chi connectivity index (χ1n) is 11.2. The maximum absolute atomic E-state index is 12.8. The summed E-state index contributed by atoms with van der Waals surface area (Å²) in [4.78, 5) is 30.4. The number of fused-ring (bicyclic) bond motifs is 1. The Bertz CT molecular complexity index is 1570. The summed E-state index contributed by atoms with van der Waals surface area (Å²) in [6, 6.07) is 5.64. The van der Waals surface area contributed by atoms with Gasteiger partial charge in [-0.3, -0.25) is 14.5 Å². The van der Waals surface area contributed by atoms with E-state index in [2.05, 4.69) is 30.4 Å². The van der Waals surface area contributed by atoms with E-state index in [1.165, 1.54) is 6.26 Å². The maximum atomic E-state index is 12.8. The molecule has 1 saturated carbocycles. The number of hydrogen-bond donors (Lipinski definition) is 2. The fourth-order valence-corrected chi connectivity index (χ4v) is 4.38. The Hall–Kier alpha value is -4.60. The minimum Gasteiger partial charge on any atom is -0.443 e. The third-order valence-corrected chi connectivity index (χ3v) is 6.31. The van der Waals surface area contributed by atoms with Gasteiger partial charge in [0.05, 0.1) is 18.1 Å². The number of nitrogens with zero attached hydrogens (tertiary/aromatic N) is 6. The quantitative estimate of drug-likeness (QED) is 0.400. The Morgan fingerprint density at radius 2 is 2.03 bits per heavy atom. The van der Waals surface area contributed by atoms with Crippen molar-refractivity contribution in [1.29, 1.82) is 0 Å². The monoisotopic (exact) mass is 466 g/mol. The van der Waals surface area contributed by atoms with Crippen molar-refractivity contribution in [3.05, 3.63) is 66.6 Å². The molecule has 174 valence electrons. The SMILES string of the molecule is Cc1cc(-c2ncco2)ncc1-c1cc2cc(NC(=O)[C@H]3C[C@@H]3c3cnn(C)c3)ncc2c(N)n1. The zero-order chi connectivity index (χ0) is 24.1. The molecule has 1 aliphatic rings. The van der Waals surface area contributed by atoms with Gasteiger partial charge in [-0.25, -0.2) is 15.0 Å². The van der Waals surface area contributed by atoms with Gasteiger partial charge in [-0.2, -0.15) is 5.10 Å². The standard InChI is InChI=1S/C25H22N8O2/c1-13-5-21(25-27-3-4-35-25)28-10-18(13)20-6-14-7-22(29-11-19(14)23(26)31-20)32-24(34)17-8-16(17)15-9-30-33(2)12-15/h3-7,9-12,16-17H,8H2,1-2H3,(H2,26,31)(H,29,32,34)/t16-,17+/m1/s1. The second kappa shape index (κ2) is 8.01. The molecule has 0 bridgehead atoms. The number of rotatable bonds is 5. The van der Waals surface area contributed by atoms with Crippen LogP contribution < -0.4 is 11.1 Å². The number of aryl methyl sites for hydroxylation is 2. The summed E-state index contributed by atoms with van der Waals surface area (Å²) in [6.45, 7) is 1.97. The minimum atomic E-state index is -0.0781. The molecule has 0 aromatic carbocycles. The lowest BCUT2D eigenvalue weighted by Crippen LogP contribution is -2.15. The number of nitrogens with one attached hydrogen (secondary N) is 1. The third kappa shape index (κ3) is 3.88. The molecule has 5 heterocycles. The molecule has 6 rings (SSSR count). The Balaban J connectivity index is 1.26. The van der Waals surface area contributed by atoms with Crippen molar-refractivity contribution in [1.82, 2.24) is 29.7 Å². The van der Waals surface area contributed by atoms with Crippen LogP contribution in [0.3, 0.4) is 0 Å². The van der Waals surface area contributed by atoms with E-state index < -0.39 is 0 Å². The molecule has 0 unspecified atom stereocenters. The second-order valence-corrected chi connectivity index (χ2v) is 8.79. The van der Waals surface area contributed by atoms with Gasteiger partial charge in [0, 0.05) is 42.5 Å². The van der Waals surface area contributed by atoms with Gasteiger partial charge in [0.2, 0.25) is 11.8 Å². The van der Waals surface area contributed by atoms with E-state index in [1.54, 1.807) is 23.3 Å². The van der Waals surface area contributed by atoms with Crippen molar-refractivity contribution in [3.8, 4) is 22.8 Å². The number of aromatic nitrogens is 6. The van der Waals surface area contributed by atoms with Crippen LogP contribution in [0, 0.1) is 12.8 Å². The van der Waals surface area contributed by atoms with Crippen molar-refractivity contribution in [2.24, 2.45) is 13.0 Å². The van der Waals surface area contributed by atoms with Crippen LogP contribution in [0.2, 0.25) is 0 Å². The normalized spacial score (nSPS) is 17.0. The first kappa shape index (κ1) is 21.0.